The number of likely N-dealkylation sites (tertiary alicyclic amines) is 1. The van der Waals surface area contributed by atoms with Crippen LogP contribution in [0.1, 0.15) is 17.2 Å². The van der Waals surface area contributed by atoms with Gasteiger partial charge in [-0.1, -0.05) is 28.1 Å². The van der Waals surface area contributed by atoms with Crippen molar-refractivity contribution in [3.8, 4) is 0 Å². The molecule has 1 atom stereocenters. The summed E-state index contributed by atoms with van der Waals surface area (Å²) in [5.41, 5.74) is 0.515. The highest BCUT2D eigenvalue weighted by molar-refractivity contribution is 9.10. The van der Waals surface area contributed by atoms with Gasteiger partial charge in [0.2, 0.25) is 0 Å². The monoisotopic (exact) mass is 490 g/mol. The molecule has 1 fully saturated rings. The van der Waals surface area contributed by atoms with E-state index in [-0.39, 0.29) is 43.2 Å². The zero-order chi connectivity index (χ0) is 22.5. The molecule has 2 aromatic rings. The van der Waals surface area contributed by atoms with E-state index in [4.69, 9.17) is 9.84 Å². The fourth-order valence-corrected chi connectivity index (χ4v) is 3.59. The Morgan fingerprint density at radius 1 is 1.10 bits per heavy atom. The first-order valence-corrected chi connectivity index (χ1v) is 10.1. The Bertz CT molecular complexity index is 1020. The number of carbonyl (C=O) groups excluding carboxylic acids is 2. The van der Waals surface area contributed by atoms with Crippen molar-refractivity contribution >= 4 is 39.1 Å². The number of nitrogens with zero attached hydrogens (tertiary/aromatic N) is 2. The molecule has 1 amide bonds. The molecule has 0 radical (unpaired) electrons. The Morgan fingerprint density at radius 2 is 1.74 bits per heavy atom. The van der Waals surface area contributed by atoms with Gasteiger partial charge in [0.05, 0.1) is 36.4 Å². The van der Waals surface area contributed by atoms with Gasteiger partial charge in [-0.2, -0.15) is 0 Å². The highest BCUT2D eigenvalue weighted by atomic mass is 79.9. The molecule has 2 aromatic carbocycles. The van der Waals surface area contributed by atoms with Gasteiger partial charge in [0.25, 0.3) is 17.4 Å². The quantitative estimate of drug-likeness (QED) is 0.145. The van der Waals surface area contributed by atoms with Crippen LogP contribution in [0.4, 0.5) is 5.69 Å². The molecule has 162 valence electrons. The minimum absolute atomic E-state index is 0.0718. The average Bonchev–Trinajstić information content (AvgIpc) is 3.01. The number of amides is 1. The van der Waals surface area contributed by atoms with Crippen LogP contribution in [0, 0.1) is 10.1 Å². The SMILES string of the molecule is O=C1C(=O)N(CCOCCO)[C@H](c2ccc(Br)cc2)C1=C(O)c1ccc([N+](=O)[O-])cc1. The summed E-state index contributed by atoms with van der Waals surface area (Å²) in [5.74, 6) is -2.06. The predicted octanol–water partition coefficient (Wildman–Crippen LogP) is 2.79. The molecule has 1 saturated heterocycles. The van der Waals surface area contributed by atoms with Crippen molar-refractivity contribution in [2.45, 2.75) is 6.04 Å². The smallest absolute Gasteiger partial charge is 0.295 e. The lowest BCUT2D eigenvalue weighted by molar-refractivity contribution is -0.384. The molecule has 0 aliphatic carbocycles. The van der Waals surface area contributed by atoms with Gasteiger partial charge >= 0.3 is 0 Å². The molecule has 0 aromatic heterocycles. The largest absolute Gasteiger partial charge is 0.507 e. The summed E-state index contributed by atoms with van der Waals surface area (Å²) < 4.78 is 6.04. The van der Waals surface area contributed by atoms with E-state index in [1.54, 1.807) is 24.3 Å². The fraction of sp³-hybridized carbons (Fsp3) is 0.238. The van der Waals surface area contributed by atoms with Crippen LogP contribution in [0.15, 0.2) is 58.6 Å². The van der Waals surface area contributed by atoms with E-state index in [0.717, 1.165) is 4.47 Å². The third kappa shape index (κ3) is 4.82. The van der Waals surface area contributed by atoms with Crippen molar-refractivity contribution in [3.63, 3.8) is 0 Å². The standard InChI is InChI=1S/C21H19BrN2O7/c22-15-5-1-13(2-6-15)18-17(19(26)14-3-7-16(8-4-14)24(29)30)20(27)21(28)23(18)9-11-31-12-10-25/h1-8,18,25-26H,9-12H2/t18-/m1/s1. The molecule has 0 spiro atoms. The molecule has 1 heterocycles. The number of aliphatic hydroxyl groups excluding tert-OH is 2. The lowest BCUT2D eigenvalue weighted by atomic mass is 9.95. The van der Waals surface area contributed by atoms with E-state index < -0.39 is 28.4 Å². The summed E-state index contributed by atoms with van der Waals surface area (Å²) in [5, 5.41) is 30.6. The van der Waals surface area contributed by atoms with Gasteiger partial charge in [0.15, 0.2) is 0 Å². The fourth-order valence-electron chi connectivity index (χ4n) is 3.33. The van der Waals surface area contributed by atoms with Crippen molar-refractivity contribution in [3.05, 3.63) is 79.8 Å². The number of carbonyl (C=O) groups is 2. The number of nitro benzene ring substituents is 1. The molecule has 0 bridgehead atoms. The number of benzene rings is 2. The molecule has 10 heteroatoms. The molecular formula is C21H19BrN2O7. The highest BCUT2D eigenvalue weighted by Gasteiger charge is 2.45. The Morgan fingerprint density at radius 3 is 2.32 bits per heavy atom. The van der Waals surface area contributed by atoms with Crippen LogP contribution in [0.25, 0.3) is 5.76 Å². The number of non-ortho nitro benzene ring substituents is 1. The zero-order valence-electron chi connectivity index (χ0n) is 16.2. The Kier molecular flexibility index (Phi) is 7.16. The van der Waals surface area contributed by atoms with Crippen LogP contribution < -0.4 is 0 Å². The van der Waals surface area contributed by atoms with Gasteiger partial charge < -0.3 is 19.8 Å². The van der Waals surface area contributed by atoms with Crippen LogP contribution >= 0.6 is 15.9 Å². The molecule has 3 rings (SSSR count). The first-order chi connectivity index (χ1) is 14.8. The number of halogens is 1. The van der Waals surface area contributed by atoms with Gasteiger partial charge in [-0.15, -0.1) is 0 Å². The average molecular weight is 491 g/mol. The molecule has 9 nitrogen and oxygen atoms in total. The number of hydrogen-bond donors (Lipinski definition) is 2. The second-order valence-corrected chi connectivity index (χ2v) is 7.60. The normalized spacial score (nSPS) is 17.9. The van der Waals surface area contributed by atoms with E-state index in [2.05, 4.69) is 15.9 Å². The van der Waals surface area contributed by atoms with Crippen LogP contribution in [0.2, 0.25) is 0 Å². The number of ether oxygens (including phenoxy) is 1. The molecule has 0 unspecified atom stereocenters. The number of nitro groups is 1. The van der Waals surface area contributed by atoms with Crippen molar-refractivity contribution in [2.75, 3.05) is 26.4 Å². The second-order valence-electron chi connectivity index (χ2n) is 6.68. The van der Waals surface area contributed by atoms with Crippen molar-refractivity contribution in [2.24, 2.45) is 0 Å². The number of hydrogen-bond acceptors (Lipinski definition) is 7. The summed E-state index contributed by atoms with van der Waals surface area (Å²) in [6.45, 7) is 0.0886. The first-order valence-electron chi connectivity index (χ1n) is 9.32. The van der Waals surface area contributed by atoms with Crippen LogP contribution in [0.3, 0.4) is 0 Å². The Hall–Kier alpha value is -3.08. The molecular weight excluding hydrogens is 472 g/mol. The zero-order valence-corrected chi connectivity index (χ0v) is 17.8. The van der Waals surface area contributed by atoms with Gasteiger partial charge in [0.1, 0.15) is 5.76 Å². The Labute approximate surface area is 185 Å². The van der Waals surface area contributed by atoms with Gasteiger partial charge in [-0.05, 0) is 29.8 Å². The molecule has 0 saturated carbocycles. The van der Waals surface area contributed by atoms with Crippen molar-refractivity contribution in [1.82, 2.24) is 4.90 Å². The van der Waals surface area contributed by atoms with E-state index in [1.165, 1.54) is 29.2 Å². The van der Waals surface area contributed by atoms with E-state index in [0.29, 0.717) is 5.56 Å². The minimum Gasteiger partial charge on any atom is -0.507 e. The van der Waals surface area contributed by atoms with E-state index >= 15 is 0 Å². The van der Waals surface area contributed by atoms with Crippen molar-refractivity contribution < 1.29 is 29.5 Å². The molecule has 1 aliphatic heterocycles. The minimum atomic E-state index is -0.860. The second kappa shape index (κ2) is 9.82. The van der Waals surface area contributed by atoms with E-state index in [1.807, 2.05) is 0 Å². The maximum absolute atomic E-state index is 12.8. The number of rotatable bonds is 8. The Balaban J connectivity index is 2.05. The van der Waals surface area contributed by atoms with Crippen LogP contribution in [0.5, 0.6) is 0 Å². The molecule has 1 aliphatic rings. The van der Waals surface area contributed by atoms with Gasteiger partial charge in [-0.3, -0.25) is 19.7 Å². The summed E-state index contributed by atoms with van der Waals surface area (Å²) in [6.07, 6.45) is 0. The van der Waals surface area contributed by atoms with E-state index in [9.17, 15) is 24.8 Å². The molecule has 2 N–H and O–H groups in total. The number of aliphatic hydroxyl groups is 2. The lowest BCUT2D eigenvalue weighted by Crippen LogP contribution is -2.33. The van der Waals surface area contributed by atoms with Crippen LogP contribution in [-0.2, 0) is 14.3 Å². The predicted molar refractivity (Wildman–Crippen MR) is 114 cm³/mol. The van der Waals surface area contributed by atoms with Crippen LogP contribution in [-0.4, -0.2) is 58.1 Å². The lowest BCUT2D eigenvalue weighted by Gasteiger charge is -2.25. The summed E-state index contributed by atoms with van der Waals surface area (Å²) in [4.78, 5) is 37.2. The topological polar surface area (TPSA) is 130 Å². The highest BCUT2D eigenvalue weighted by Crippen LogP contribution is 2.39. The van der Waals surface area contributed by atoms with Gasteiger partial charge in [-0.25, -0.2) is 0 Å². The maximum atomic E-state index is 12.8. The third-order valence-electron chi connectivity index (χ3n) is 4.79. The first kappa shape index (κ1) is 22.6. The summed E-state index contributed by atoms with van der Waals surface area (Å²) in [6, 6.07) is 11.2. The third-order valence-corrected chi connectivity index (χ3v) is 5.32. The molecule has 31 heavy (non-hydrogen) atoms. The number of ketones is 1. The summed E-state index contributed by atoms with van der Waals surface area (Å²) >= 11 is 3.34. The van der Waals surface area contributed by atoms with Crippen molar-refractivity contribution in [1.29, 1.82) is 0 Å². The van der Waals surface area contributed by atoms with Gasteiger partial charge in [0, 0.05) is 28.7 Å². The maximum Gasteiger partial charge on any atom is 0.295 e. The number of Topliss-reactive ketones (excluding diaryl/α,β-unsaturated/α-hetero) is 1. The summed E-state index contributed by atoms with van der Waals surface area (Å²) in [7, 11) is 0.